The molecule has 0 fully saturated rings. The summed E-state index contributed by atoms with van der Waals surface area (Å²) in [6.45, 7) is 2.18. The molecule has 0 aromatic heterocycles. The summed E-state index contributed by atoms with van der Waals surface area (Å²) in [5.41, 5.74) is 6.51. The van der Waals surface area contributed by atoms with E-state index in [9.17, 15) is 23.1 Å². The zero-order valence-corrected chi connectivity index (χ0v) is 18.5. The van der Waals surface area contributed by atoms with E-state index in [-0.39, 0.29) is 29.7 Å². The molecule has 3 rings (SSSR count). The van der Waals surface area contributed by atoms with E-state index >= 15 is 0 Å². The van der Waals surface area contributed by atoms with Gasteiger partial charge in [0.15, 0.2) is 22.6 Å². The highest BCUT2D eigenvalue weighted by Gasteiger charge is 2.42. The summed E-state index contributed by atoms with van der Waals surface area (Å²) in [6.07, 6.45) is -0.129. The average molecular weight is 461 g/mol. The number of nitrogens with two attached hydrogens (primary N) is 1. The quantitative estimate of drug-likeness (QED) is 0.409. The van der Waals surface area contributed by atoms with E-state index < -0.39 is 34.8 Å². The number of carbonyl (C=O) groups is 3. The molecule has 1 aliphatic heterocycles. The van der Waals surface area contributed by atoms with E-state index in [2.05, 4.69) is 0 Å². The zero-order chi connectivity index (χ0) is 23.4. The van der Waals surface area contributed by atoms with Gasteiger partial charge in [0.2, 0.25) is 5.91 Å². The molecule has 0 spiro atoms. The number of fused-ring (bicyclic) bond motifs is 1. The van der Waals surface area contributed by atoms with Gasteiger partial charge in [0.05, 0.1) is 43.1 Å². The van der Waals surface area contributed by atoms with Crippen LogP contribution in [0, 0.1) is 0 Å². The van der Waals surface area contributed by atoms with Crippen LogP contribution in [0.1, 0.15) is 51.2 Å². The maximum absolute atomic E-state index is 13.4. The molecular formula is C22H24N2O7S. The first kappa shape index (κ1) is 23.4. The molecule has 0 bridgehead atoms. The number of amides is 3. The summed E-state index contributed by atoms with van der Waals surface area (Å²) < 4.78 is 31.7. The molecule has 10 heteroatoms. The van der Waals surface area contributed by atoms with E-state index in [1.54, 1.807) is 30.3 Å². The van der Waals surface area contributed by atoms with Crippen molar-refractivity contribution in [2.24, 2.45) is 5.73 Å². The van der Waals surface area contributed by atoms with Crippen LogP contribution in [-0.4, -0.2) is 50.9 Å². The molecule has 1 aliphatic rings. The van der Waals surface area contributed by atoms with Crippen LogP contribution in [0.4, 0.5) is 0 Å². The SMILES string of the molecule is CCOc1cc(C(CCS(=O)O)N2C(=O)c3cccc(CC(N)=O)c3C2=O)ccc1OC. The van der Waals surface area contributed by atoms with Gasteiger partial charge in [0, 0.05) is 0 Å². The third-order valence-electron chi connectivity index (χ3n) is 5.15. The summed E-state index contributed by atoms with van der Waals surface area (Å²) in [5.74, 6) is -0.994. The number of ether oxygens (including phenoxy) is 2. The van der Waals surface area contributed by atoms with Crippen LogP contribution in [0.25, 0.3) is 0 Å². The predicted octanol–water partition coefficient (Wildman–Crippen LogP) is 2.07. The molecule has 2 aromatic carbocycles. The van der Waals surface area contributed by atoms with Crippen molar-refractivity contribution in [3.63, 3.8) is 0 Å². The Hall–Kier alpha value is -3.24. The maximum Gasteiger partial charge on any atom is 0.262 e. The van der Waals surface area contributed by atoms with Gasteiger partial charge in [-0.1, -0.05) is 18.2 Å². The highest BCUT2D eigenvalue weighted by Crippen LogP contribution is 2.38. The minimum Gasteiger partial charge on any atom is -0.493 e. The van der Waals surface area contributed by atoms with Crippen molar-refractivity contribution in [3.8, 4) is 11.5 Å². The first-order valence-electron chi connectivity index (χ1n) is 9.94. The van der Waals surface area contributed by atoms with E-state index in [4.69, 9.17) is 15.2 Å². The van der Waals surface area contributed by atoms with Gasteiger partial charge in [0.1, 0.15) is 0 Å². The second-order valence-corrected chi connectivity index (χ2v) is 8.19. The van der Waals surface area contributed by atoms with Crippen molar-refractivity contribution in [2.75, 3.05) is 19.5 Å². The number of carbonyl (C=O) groups excluding carboxylic acids is 3. The van der Waals surface area contributed by atoms with Crippen LogP contribution in [-0.2, 0) is 22.3 Å². The van der Waals surface area contributed by atoms with Gasteiger partial charge < -0.3 is 19.8 Å². The number of hydrogen-bond donors (Lipinski definition) is 2. The predicted molar refractivity (Wildman–Crippen MR) is 117 cm³/mol. The minimum atomic E-state index is -2.13. The molecule has 2 aromatic rings. The van der Waals surface area contributed by atoms with E-state index in [0.717, 1.165) is 4.90 Å². The molecular weight excluding hydrogens is 436 g/mol. The Morgan fingerprint density at radius 2 is 1.94 bits per heavy atom. The molecule has 170 valence electrons. The van der Waals surface area contributed by atoms with E-state index in [1.165, 1.54) is 13.2 Å². The Labute approximate surface area is 187 Å². The second kappa shape index (κ2) is 9.92. The molecule has 1 heterocycles. The number of rotatable bonds is 10. The van der Waals surface area contributed by atoms with Gasteiger partial charge in [-0.05, 0) is 42.7 Å². The van der Waals surface area contributed by atoms with Gasteiger partial charge >= 0.3 is 0 Å². The van der Waals surface area contributed by atoms with Crippen LogP contribution in [0.15, 0.2) is 36.4 Å². The van der Waals surface area contributed by atoms with Crippen molar-refractivity contribution in [2.45, 2.75) is 25.8 Å². The van der Waals surface area contributed by atoms with Crippen molar-refractivity contribution in [3.05, 3.63) is 58.7 Å². The lowest BCUT2D eigenvalue weighted by Crippen LogP contribution is -2.35. The number of benzene rings is 2. The molecule has 2 unspecified atom stereocenters. The third-order valence-corrected chi connectivity index (χ3v) is 5.73. The number of methoxy groups -OCH3 is 1. The molecule has 3 amide bonds. The van der Waals surface area contributed by atoms with E-state index in [0.29, 0.717) is 29.2 Å². The van der Waals surface area contributed by atoms with Crippen molar-refractivity contribution in [1.82, 2.24) is 4.90 Å². The standard InChI is InChI=1S/C22H24N2O7S/c1-3-31-18-11-13(7-8-17(18)30-2)16(9-10-32(28)29)24-21(26)15-6-4-5-14(12-19(23)25)20(15)22(24)27/h4-8,11,16H,3,9-10,12H2,1-2H3,(H2,23,25)(H,28,29). The monoisotopic (exact) mass is 460 g/mol. The Balaban J connectivity index is 2.08. The van der Waals surface area contributed by atoms with Crippen molar-refractivity contribution >= 4 is 28.8 Å². The first-order valence-corrected chi connectivity index (χ1v) is 11.2. The number of imide groups is 1. The van der Waals surface area contributed by atoms with Crippen LogP contribution in [0.5, 0.6) is 11.5 Å². The van der Waals surface area contributed by atoms with Gasteiger partial charge in [-0.15, -0.1) is 0 Å². The van der Waals surface area contributed by atoms with Crippen LogP contribution >= 0.6 is 0 Å². The molecule has 0 radical (unpaired) electrons. The highest BCUT2D eigenvalue weighted by atomic mass is 32.2. The number of hydrogen-bond acceptors (Lipinski definition) is 6. The fraction of sp³-hybridized carbons (Fsp3) is 0.318. The summed E-state index contributed by atoms with van der Waals surface area (Å²) in [7, 11) is 1.49. The Bertz CT molecular complexity index is 1090. The lowest BCUT2D eigenvalue weighted by Gasteiger charge is -2.27. The number of primary amides is 1. The minimum absolute atomic E-state index is 0.0532. The molecule has 32 heavy (non-hydrogen) atoms. The van der Waals surface area contributed by atoms with Crippen molar-refractivity contribution < 1.29 is 32.6 Å². The maximum atomic E-state index is 13.4. The van der Waals surface area contributed by atoms with Crippen LogP contribution in [0.3, 0.4) is 0 Å². The smallest absolute Gasteiger partial charge is 0.262 e. The molecule has 2 atom stereocenters. The van der Waals surface area contributed by atoms with Gasteiger partial charge in [-0.25, -0.2) is 4.21 Å². The lowest BCUT2D eigenvalue weighted by molar-refractivity contribution is -0.117. The van der Waals surface area contributed by atoms with Crippen molar-refractivity contribution in [1.29, 1.82) is 0 Å². The largest absolute Gasteiger partial charge is 0.493 e. The Morgan fingerprint density at radius 1 is 1.19 bits per heavy atom. The second-order valence-electron chi connectivity index (χ2n) is 7.14. The molecule has 3 N–H and O–H groups in total. The molecule has 0 saturated heterocycles. The normalized spacial score (nSPS) is 14.8. The summed E-state index contributed by atoms with van der Waals surface area (Å²) >= 11 is -2.13. The fourth-order valence-electron chi connectivity index (χ4n) is 3.82. The van der Waals surface area contributed by atoms with Gasteiger partial charge in [-0.2, -0.15) is 0 Å². The highest BCUT2D eigenvalue weighted by molar-refractivity contribution is 7.79. The Morgan fingerprint density at radius 3 is 2.56 bits per heavy atom. The van der Waals surface area contributed by atoms with E-state index in [1.807, 2.05) is 6.92 Å². The molecule has 0 saturated carbocycles. The molecule has 0 aliphatic carbocycles. The lowest BCUT2D eigenvalue weighted by atomic mass is 10.00. The van der Waals surface area contributed by atoms with Crippen LogP contribution in [0.2, 0.25) is 0 Å². The summed E-state index contributed by atoms with van der Waals surface area (Å²) in [4.78, 5) is 39.1. The summed E-state index contributed by atoms with van der Waals surface area (Å²) in [6, 6.07) is 8.84. The third kappa shape index (κ3) is 4.66. The first-order chi connectivity index (χ1) is 15.3. The Kier molecular flexibility index (Phi) is 7.26. The van der Waals surface area contributed by atoms with Gasteiger partial charge in [0.25, 0.3) is 11.8 Å². The van der Waals surface area contributed by atoms with Gasteiger partial charge in [-0.3, -0.25) is 19.3 Å². The zero-order valence-electron chi connectivity index (χ0n) is 17.7. The summed E-state index contributed by atoms with van der Waals surface area (Å²) in [5, 5.41) is 0. The molecule has 9 nitrogen and oxygen atoms in total. The number of nitrogens with zero attached hydrogens (tertiary/aromatic N) is 1. The fourth-order valence-corrected chi connectivity index (χ4v) is 4.24. The topological polar surface area (TPSA) is 136 Å². The van der Waals surface area contributed by atoms with Crippen LogP contribution < -0.4 is 15.2 Å². The average Bonchev–Trinajstić information content (AvgIpc) is 3.00.